The number of nitrogens with zero attached hydrogens (tertiary/aromatic N) is 2. The maximum atomic E-state index is 12.2. The molecule has 0 atom stereocenters. The predicted molar refractivity (Wildman–Crippen MR) is 108 cm³/mol. The van der Waals surface area contributed by atoms with Gasteiger partial charge in [-0.25, -0.2) is 4.98 Å². The number of nitro groups is 1. The summed E-state index contributed by atoms with van der Waals surface area (Å²) in [5, 5.41) is 13.8. The van der Waals surface area contributed by atoms with Crippen LogP contribution in [0.25, 0.3) is 11.3 Å². The van der Waals surface area contributed by atoms with Crippen LogP contribution in [-0.2, 0) is 4.79 Å². The Balaban J connectivity index is 1.70. The lowest BCUT2D eigenvalue weighted by molar-refractivity contribution is -0.384. The van der Waals surface area contributed by atoms with Crippen LogP contribution in [0.4, 0.5) is 11.4 Å². The van der Waals surface area contributed by atoms with E-state index >= 15 is 0 Å². The van der Waals surface area contributed by atoms with Crippen LogP contribution in [0.2, 0.25) is 5.02 Å². The van der Waals surface area contributed by atoms with Crippen LogP contribution < -0.4 is 10.9 Å². The van der Waals surface area contributed by atoms with E-state index in [1.807, 2.05) is 30.3 Å². The van der Waals surface area contributed by atoms with Gasteiger partial charge in [0.25, 0.3) is 11.2 Å². The van der Waals surface area contributed by atoms with Gasteiger partial charge in [-0.2, -0.15) is 0 Å². The monoisotopic (exact) mass is 416 g/mol. The van der Waals surface area contributed by atoms with Crippen LogP contribution in [0.15, 0.2) is 64.5 Å². The summed E-state index contributed by atoms with van der Waals surface area (Å²) in [5.74, 6) is -0.514. The highest BCUT2D eigenvalue weighted by Crippen LogP contribution is 2.27. The molecule has 142 valence electrons. The molecule has 2 aromatic carbocycles. The van der Waals surface area contributed by atoms with Crippen LogP contribution in [0.5, 0.6) is 0 Å². The molecule has 8 nitrogen and oxygen atoms in total. The molecule has 1 aromatic heterocycles. The molecule has 2 N–H and O–H groups in total. The van der Waals surface area contributed by atoms with Crippen molar-refractivity contribution in [3.05, 3.63) is 80.1 Å². The van der Waals surface area contributed by atoms with Crippen molar-refractivity contribution in [1.82, 2.24) is 9.97 Å². The number of nitro benzene ring substituents is 1. The van der Waals surface area contributed by atoms with Crippen molar-refractivity contribution < 1.29 is 9.72 Å². The summed E-state index contributed by atoms with van der Waals surface area (Å²) in [6.07, 6.45) is 0. The Bertz CT molecular complexity index is 1090. The number of non-ortho nitro benzene ring substituents is 1. The van der Waals surface area contributed by atoms with Gasteiger partial charge >= 0.3 is 0 Å². The minimum atomic E-state index is -0.579. The van der Waals surface area contributed by atoms with E-state index in [-0.39, 0.29) is 32.9 Å². The fourth-order valence-electron chi connectivity index (χ4n) is 2.30. The summed E-state index contributed by atoms with van der Waals surface area (Å²) in [7, 11) is 0. The predicted octanol–water partition coefficient (Wildman–Crippen LogP) is 3.73. The SMILES string of the molecule is O=C(CSc1nc(-c2ccccc2)cc(=O)[nH]1)Nc1cc([N+](=O)[O-])ccc1Cl. The summed E-state index contributed by atoms with van der Waals surface area (Å²) < 4.78 is 0. The normalized spacial score (nSPS) is 10.5. The number of halogens is 1. The van der Waals surface area contributed by atoms with Crippen LogP contribution in [0, 0.1) is 10.1 Å². The average molecular weight is 417 g/mol. The first-order valence-corrected chi connectivity index (χ1v) is 9.32. The zero-order chi connectivity index (χ0) is 20.1. The van der Waals surface area contributed by atoms with Gasteiger partial charge in [-0.1, -0.05) is 53.7 Å². The largest absolute Gasteiger partial charge is 0.324 e. The average Bonchev–Trinajstić information content (AvgIpc) is 2.68. The maximum Gasteiger partial charge on any atom is 0.271 e. The van der Waals surface area contributed by atoms with Crippen molar-refractivity contribution in [2.75, 3.05) is 11.1 Å². The molecule has 1 amide bonds. The van der Waals surface area contributed by atoms with E-state index in [2.05, 4.69) is 15.3 Å². The molecule has 3 aromatic rings. The van der Waals surface area contributed by atoms with E-state index in [9.17, 15) is 19.7 Å². The lowest BCUT2D eigenvalue weighted by atomic mass is 10.1. The number of amides is 1. The van der Waals surface area contributed by atoms with Crippen molar-refractivity contribution in [3.63, 3.8) is 0 Å². The number of hydrogen-bond donors (Lipinski definition) is 2. The molecule has 0 unspecified atom stereocenters. The molecule has 0 saturated heterocycles. The number of aromatic nitrogens is 2. The fourth-order valence-corrected chi connectivity index (χ4v) is 3.14. The van der Waals surface area contributed by atoms with Gasteiger partial charge in [0, 0.05) is 23.8 Å². The fraction of sp³-hybridized carbons (Fsp3) is 0.0556. The summed E-state index contributed by atoms with van der Waals surface area (Å²) >= 11 is 7.00. The van der Waals surface area contributed by atoms with Gasteiger partial charge in [0.2, 0.25) is 5.91 Å². The Labute approximate surface area is 168 Å². The Morgan fingerprint density at radius 3 is 2.68 bits per heavy atom. The summed E-state index contributed by atoms with van der Waals surface area (Å²) in [4.78, 5) is 41.2. The first-order valence-electron chi connectivity index (χ1n) is 7.96. The molecular weight excluding hydrogens is 404 g/mol. The molecule has 0 aliphatic heterocycles. The first-order chi connectivity index (χ1) is 13.4. The molecule has 0 fully saturated rings. The highest BCUT2D eigenvalue weighted by molar-refractivity contribution is 7.99. The molecule has 0 bridgehead atoms. The first kappa shape index (κ1) is 19.6. The third-order valence-electron chi connectivity index (χ3n) is 3.56. The molecule has 1 heterocycles. The van der Waals surface area contributed by atoms with E-state index < -0.39 is 10.8 Å². The van der Waals surface area contributed by atoms with Gasteiger partial charge in [-0.3, -0.25) is 19.7 Å². The van der Waals surface area contributed by atoms with Crippen molar-refractivity contribution in [2.24, 2.45) is 0 Å². The maximum absolute atomic E-state index is 12.2. The second kappa shape index (κ2) is 8.68. The van der Waals surface area contributed by atoms with Crippen molar-refractivity contribution in [3.8, 4) is 11.3 Å². The lowest BCUT2D eigenvalue weighted by Gasteiger charge is -2.07. The van der Waals surface area contributed by atoms with Crippen molar-refractivity contribution >= 4 is 40.6 Å². The van der Waals surface area contributed by atoms with Gasteiger partial charge in [0.1, 0.15) is 0 Å². The number of nitrogens with one attached hydrogen (secondary N) is 2. The minimum Gasteiger partial charge on any atom is -0.324 e. The molecule has 10 heteroatoms. The Morgan fingerprint density at radius 1 is 1.21 bits per heavy atom. The van der Waals surface area contributed by atoms with E-state index in [0.717, 1.165) is 17.3 Å². The smallest absolute Gasteiger partial charge is 0.271 e. The quantitative estimate of drug-likeness (QED) is 0.273. The van der Waals surface area contributed by atoms with Gasteiger partial charge in [-0.05, 0) is 6.07 Å². The zero-order valence-corrected chi connectivity index (χ0v) is 15.8. The van der Waals surface area contributed by atoms with Gasteiger partial charge in [0.05, 0.1) is 27.1 Å². The molecule has 28 heavy (non-hydrogen) atoms. The van der Waals surface area contributed by atoms with Crippen molar-refractivity contribution in [1.29, 1.82) is 0 Å². The van der Waals surface area contributed by atoms with Gasteiger partial charge < -0.3 is 10.3 Å². The summed E-state index contributed by atoms with van der Waals surface area (Å²) in [6.45, 7) is 0. The van der Waals surface area contributed by atoms with Crippen LogP contribution in [0.1, 0.15) is 0 Å². The standard InChI is InChI=1S/C18H13ClN4O4S/c19-13-7-6-12(23(26)27)8-15(13)20-17(25)10-28-18-21-14(9-16(24)22-18)11-4-2-1-3-5-11/h1-9H,10H2,(H,20,25)(H,21,22,24). The van der Waals surface area contributed by atoms with Crippen LogP contribution in [0.3, 0.4) is 0 Å². The molecule has 0 saturated carbocycles. The number of rotatable bonds is 6. The molecule has 0 aliphatic rings. The lowest BCUT2D eigenvalue weighted by Crippen LogP contribution is -2.16. The summed E-state index contributed by atoms with van der Waals surface area (Å²) in [6, 6.07) is 14.3. The zero-order valence-electron chi connectivity index (χ0n) is 14.2. The Morgan fingerprint density at radius 2 is 1.96 bits per heavy atom. The third kappa shape index (κ3) is 4.96. The highest BCUT2D eigenvalue weighted by atomic mass is 35.5. The molecule has 0 radical (unpaired) electrons. The molecule has 0 aliphatic carbocycles. The number of carbonyl (C=O) groups is 1. The minimum absolute atomic E-state index is 0.0692. The number of hydrogen-bond acceptors (Lipinski definition) is 6. The molecule has 3 rings (SSSR count). The Kier molecular flexibility index (Phi) is 6.07. The number of thioether (sulfide) groups is 1. The topological polar surface area (TPSA) is 118 Å². The van der Waals surface area contributed by atoms with Crippen molar-refractivity contribution in [2.45, 2.75) is 5.16 Å². The number of anilines is 1. The molecule has 0 spiro atoms. The van der Waals surface area contributed by atoms with Crippen LogP contribution in [-0.4, -0.2) is 26.6 Å². The van der Waals surface area contributed by atoms with Gasteiger partial charge in [0.15, 0.2) is 5.16 Å². The number of carbonyl (C=O) groups excluding carboxylic acids is 1. The second-order valence-electron chi connectivity index (χ2n) is 5.56. The molecular formula is C18H13ClN4O4S. The van der Waals surface area contributed by atoms with E-state index in [0.29, 0.717) is 5.69 Å². The van der Waals surface area contributed by atoms with Gasteiger partial charge in [-0.15, -0.1) is 0 Å². The van der Waals surface area contributed by atoms with E-state index in [4.69, 9.17) is 11.6 Å². The van der Waals surface area contributed by atoms with E-state index in [1.54, 1.807) is 0 Å². The number of H-pyrrole nitrogens is 1. The number of aromatic amines is 1. The van der Waals surface area contributed by atoms with Crippen LogP contribution >= 0.6 is 23.4 Å². The number of benzene rings is 2. The Hall–Kier alpha value is -3.17. The third-order valence-corrected chi connectivity index (χ3v) is 4.77. The second-order valence-corrected chi connectivity index (χ2v) is 6.93. The highest BCUT2D eigenvalue weighted by Gasteiger charge is 2.13. The van der Waals surface area contributed by atoms with E-state index in [1.165, 1.54) is 24.3 Å². The summed E-state index contributed by atoms with van der Waals surface area (Å²) in [5.41, 5.74) is 0.894.